The fourth-order valence-electron chi connectivity index (χ4n) is 1.22. The molecular weight excluding hydrogens is 222 g/mol. The monoisotopic (exact) mass is 239 g/mol. The number of aliphatic hydroxyl groups is 1. The lowest BCUT2D eigenvalue weighted by atomic mass is 10.2. The second-order valence-electron chi connectivity index (χ2n) is 4.18. The molecule has 1 unspecified atom stereocenters. The van der Waals surface area contributed by atoms with Crippen molar-refractivity contribution in [3.8, 4) is 0 Å². The first-order valence-corrected chi connectivity index (χ1v) is 5.44. The Morgan fingerprint density at radius 3 is 2.59 bits per heavy atom. The van der Waals surface area contributed by atoms with Gasteiger partial charge in [0.15, 0.2) is 5.69 Å². The van der Waals surface area contributed by atoms with Crippen molar-refractivity contribution >= 4 is 11.7 Å². The number of carboxylic acids is 1. The number of rotatable bonds is 5. The van der Waals surface area contributed by atoms with Crippen LogP contribution in [-0.4, -0.2) is 38.8 Å². The van der Waals surface area contributed by atoms with Gasteiger partial charge in [0, 0.05) is 12.5 Å². The maximum absolute atomic E-state index is 11.0. The van der Waals surface area contributed by atoms with Gasteiger partial charge in [-0.1, -0.05) is 13.8 Å². The second kappa shape index (κ2) is 5.58. The molecule has 0 saturated heterocycles. The standard InChI is InChI=1S/C11H17N3O3/c1-6(2)10-13-5-8(12-4-7(3)15)9(14-10)11(16)17/h5-7,12,15H,4H2,1-3H3,(H,16,17). The lowest BCUT2D eigenvalue weighted by Gasteiger charge is -2.12. The summed E-state index contributed by atoms with van der Waals surface area (Å²) in [5.41, 5.74) is 0.257. The molecule has 0 aliphatic carbocycles. The zero-order valence-corrected chi connectivity index (χ0v) is 10.1. The minimum atomic E-state index is -1.11. The highest BCUT2D eigenvalue weighted by atomic mass is 16.4. The highest BCUT2D eigenvalue weighted by Crippen LogP contribution is 2.16. The molecule has 0 fully saturated rings. The van der Waals surface area contributed by atoms with Crippen molar-refractivity contribution in [3.05, 3.63) is 17.7 Å². The summed E-state index contributed by atoms with van der Waals surface area (Å²) >= 11 is 0. The average Bonchev–Trinajstić information content (AvgIpc) is 2.25. The van der Waals surface area contributed by atoms with Gasteiger partial charge in [0.1, 0.15) is 5.82 Å². The SMILES string of the molecule is CC(O)CNc1cnc(C(C)C)nc1C(=O)O. The number of hydrogen-bond donors (Lipinski definition) is 3. The molecule has 0 amide bonds. The molecule has 0 spiro atoms. The third-order valence-electron chi connectivity index (χ3n) is 2.11. The van der Waals surface area contributed by atoms with Crippen molar-refractivity contribution in [2.75, 3.05) is 11.9 Å². The van der Waals surface area contributed by atoms with Gasteiger partial charge < -0.3 is 15.5 Å². The Kier molecular flexibility index (Phi) is 4.39. The smallest absolute Gasteiger partial charge is 0.356 e. The maximum atomic E-state index is 11.0. The summed E-state index contributed by atoms with van der Waals surface area (Å²) in [6.45, 7) is 5.65. The molecule has 6 heteroatoms. The number of carboxylic acid groups (broad SMARTS) is 1. The summed E-state index contributed by atoms with van der Waals surface area (Å²) in [6, 6.07) is 0. The molecule has 0 aliphatic heterocycles. The minimum Gasteiger partial charge on any atom is -0.476 e. The number of aliphatic hydroxyl groups excluding tert-OH is 1. The van der Waals surface area contributed by atoms with E-state index < -0.39 is 12.1 Å². The number of aromatic carboxylic acids is 1. The third-order valence-corrected chi connectivity index (χ3v) is 2.11. The van der Waals surface area contributed by atoms with E-state index in [0.29, 0.717) is 11.5 Å². The molecule has 1 atom stereocenters. The van der Waals surface area contributed by atoms with E-state index in [4.69, 9.17) is 10.2 Å². The van der Waals surface area contributed by atoms with Crippen molar-refractivity contribution < 1.29 is 15.0 Å². The van der Waals surface area contributed by atoms with Gasteiger partial charge in [-0.25, -0.2) is 14.8 Å². The Balaban J connectivity index is 3.00. The van der Waals surface area contributed by atoms with E-state index in [-0.39, 0.29) is 18.2 Å². The van der Waals surface area contributed by atoms with E-state index in [1.165, 1.54) is 6.20 Å². The predicted molar refractivity (Wildman–Crippen MR) is 63.3 cm³/mol. The quantitative estimate of drug-likeness (QED) is 0.712. The fraction of sp³-hybridized carbons (Fsp3) is 0.545. The lowest BCUT2D eigenvalue weighted by molar-refractivity contribution is 0.0690. The number of anilines is 1. The predicted octanol–water partition coefficient (Wildman–Crippen LogP) is 1.09. The van der Waals surface area contributed by atoms with Gasteiger partial charge in [0.25, 0.3) is 0 Å². The highest BCUT2D eigenvalue weighted by Gasteiger charge is 2.15. The zero-order valence-electron chi connectivity index (χ0n) is 10.1. The van der Waals surface area contributed by atoms with Crippen LogP contribution in [0.15, 0.2) is 6.20 Å². The second-order valence-corrected chi connectivity index (χ2v) is 4.18. The van der Waals surface area contributed by atoms with Crippen LogP contribution in [0, 0.1) is 0 Å². The number of aromatic nitrogens is 2. The van der Waals surface area contributed by atoms with Crippen molar-refractivity contribution in [1.82, 2.24) is 9.97 Å². The molecule has 3 N–H and O–H groups in total. The molecule has 0 bridgehead atoms. The van der Waals surface area contributed by atoms with Crippen LogP contribution < -0.4 is 5.32 Å². The van der Waals surface area contributed by atoms with Crippen LogP contribution in [0.5, 0.6) is 0 Å². The Labute approximate surface area is 99.7 Å². The maximum Gasteiger partial charge on any atom is 0.356 e. The topological polar surface area (TPSA) is 95.3 Å². The molecule has 0 aliphatic rings. The van der Waals surface area contributed by atoms with Crippen LogP contribution in [0.25, 0.3) is 0 Å². The Bertz CT molecular complexity index is 405. The Morgan fingerprint density at radius 2 is 2.12 bits per heavy atom. The first-order chi connectivity index (χ1) is 7.91. The normalized spacial score (nSPS) is 12.5. The highest BCUT2D eigenvalue weighted by molar-refractivity contribution is 5.91. The third kappa shape index (κ3) is 3.67. The molecule has 0 radical (unpaired) electrons. The van der Waals surface area contributed by atoms with E-state index in [1.54, 1.807) is 6.92 Å². The van der Waals surface area contributed by atoms with Crippen LogP contribution in [0.4, 0.5) is 5.69 Å². The number of nitrogens with one attached hydrogen (secondary N) is 1. The molecule has 6 nitrogen and oxygen atoms in total. The van der Waals surface area contributed by atoms with E-state index >= 15 is 0 Å². The average molecular weight is 239 g/mol. The van der Waals surface area contributed by atoms with Gasteiger partial charge in [-0.05, 0) is 6.92 Å². The summed E-state index contributed by atoms with van der Waals surface area (Å²) in [5.74, 6) is -0.550. The van der Waals surface area contributed by atoms with Crippen LogP contribution in [0.2, 0.25) is 0 Å². The van der Waals surface area contributed by atoms with Crippen molar-refractivity contribution in [3.63, 3.8) is 0 Å². The van der Waals surface area contributed by atoms with Crippen LogP contribution in [-0.2, 0) is 0 Å². The lowest BCUT2D eigenvalue weighted by Crippen LogP contribution is -2.19. The molecular formula is C11H17N3O3. The molecule has 1 aromatic rings. The summed E-state index contributed by atoms with van der Waals surface area (Å²) in [6.07, 6.45) is 0.871. The molecule has 1 heterocycles. The Hall–Kier alpha value is -1.69. The largest absolute Gasteiger partial charge is 0.476 e. The number of carbonyl (C=O) groups is 1. The van der Waals surface area contributed by atoms with E-state index in [2.05, 4.69) is 15.3 Å². The van der Waals surface area contributed by atoms with Gasteiger partial charge in [-0.15, -0.1) is 0 Å². The minimum absolute atomic E-state index is 0.0654. The number of hydrogen-bond acceptors (Lipinski definition) is 5. The first kappa shape index (κ1) is 13.4. The summed E-state index contributed by atoms with van der Waals surface area (Å²) in [5, 5.41) is 21.0. The summed E-state index contributed by atoms with van der Waals surface area (Å²) in [4.78, 5) is 19.1. The summed E-state index contributed by atoms with van der Waals surface area (Å²) in [7, 11) is 0. The van der Waals surface area contributed by atoms with Crippen LogP contribution in [0.3, 0.4) is 0 Å². The first-order valence-electron chi connectivity index (χ1n) is 5.44. The fourth-order valence-corrected chi connectivity index (χ4v) is 1.22. The Morgan fingerprint density at radius 1 is 1.47 bits per heavy atom. The summed E-state index contributed by atoms with van der Waals surface area (Å²) < 4.78 is 0. The van der Waals surface area contributed by atoms with Gasteiger partial charge in [0.05, 0.1) is 18.0 Å². The van der Waals surface area contributed by atoms with Gasteiger partial charge in [0.2, 0.25) is 0 Å². The van der Waals surface area contributed by atoms with E-state index in [0.717, 1.165) is 0 Å². The van der Waals surface area contributed by atoms with Crippen molar-refractivity contribution in [2.45, 2.75) is 32.8 Å². The van der Waals surface area contributed by atoms with Crippen LogP contribution in [0.1, 0.15) is 43.0 Å². The van der Waals surface area contributed by atoms with Crippen LogP contribution >= 0.6 is 0 Å². The molecule has 1 rings (SSSR count). The molecule has 17 heavy (non-hydrogen) atoms. The van der Waals surface area contributed by atoms with Gasteiger partial charge >= 0.3 is 5.97 Å². The van der Waals surface area contributed by atoms with Crippen molar-refractivity contribution in [1.29, 1.82) is 0 Å². The molecule has 94 valence electrons. The molecule has 0 saturated carbocycles. The zero-order chi connectivity index (χ0) is 13.0. The molecule has 1 aromatic heterocycles. The van der Waals surface area contributed by atoms with E-state index in [1.807, 2.05) is 13.8 Å². The van der Waals surface area contributed by atoms with Gasteiger partial charge in [-0.3, -0.25) is 0 Å². The number of nitrogens with zero attached hydrogens (tertiary/aromatic N) is 2. The van der Waals surface area contributed by atoms with E-state index in [9.17, 15) is 4.79 Å². The van der Waals surface area contributed by atoms with Gasteiger partial charge in [-0.2, -0.15) is 0 Å². The molecule has 0 aromatic carbocycles. The van der Waals surface area contributed by atoms with Crippen molar-refractivity contribution in [2.24, 2.45) is 0 Å².